The first-order valence-electron chi connectivity index (χ1n) is 11.2. The van der Waals surface area contributed by atoms with E-state index in [1.165, 1.54) is 26.4 Å². The third kappa shape index (κ3) is 8.34. The molecule has 1 aromatic heterocycles. The molecule has 1 heterocycles. The lowest BCUT2D eigenvalue weighted by Crippen LogP contribution is -2.27. The van der Waals surface area contributed by atoms with Gasteiger partial charge >= 0.3 is 5.97 Å². The van der Waals surface area contributed by atoms with Crippen molar-refractivity contribution in [3.63, 3.8) is 0 Å². The highest BCUT2D eigenvalue weighted by Gasteiger charge is 2.24. The minimum absolute atomic E-state index is 0.0294. The molecule has 2 N–H and O–H groups in total. The highest BCUT2D eigenvalue weighted by Crippen LogP contribution is 2.29. The number of unbranched alkanes of at least 4 members (excludes halogenated alkanes) is 3. The first kappa shape index (κ1) is 24.9. The third-order valence-electron chi connectivity index (χ3n) is 5.22. The molecule has 7 heteroatoms. The summed E-state index contributed by atoms with van der Waals surface area (Å²) < 4.78 is 11.0. The van der Waals surface area contributed by atoms with Crippen LogP contribution in [0.15, 0.2) is 34.7 Å². The normalized spacial score (nSPS) is 12.0. The van der Waals surface area contributed by atoms with Crippen molar-refractivity contribution in [1.82, 2.24) is 10.3 Å². The molecule has 0 saturated heterocycles. The summed E-state index contributed by atoms with van der Waals surface area (Å²) in [7, 11) is 3.19. The van der Waals surface area contributed by atoms with E-state index >= 15 is 0 Å². The van der Waals surface area contributed by atoms with Gasteiger partial charge in [0.05, 0.1) is 13.2 Å². The average molecular weight is 432 g/mol. The molecule has 1 atom stereocenters. The molecule has 0 aliphatic carbocycles. The lowest BCUT2D eigenvalue weighted by Gasteiger charge is -2.17. The number of ether oxygens (including phenoxy) is 1. The molecule has 1 aromatic carbocycles. The van der Waals surface area contributed by atoms with Crippen LogP contribution in [0, 0.1) is 0 Å². The van der Waals surface area contributed by atoms with Crippen molar-refractivity contribution in [3.8, 4) is 0 Å². The summed E-state index contributed by atoms with van der Waals surface area (Å²) >= 11 is 0. The van der Waals surface area contributed by atoms with Crippen molar-refractivity contribution in [1.29, 1.82) is 0 Å². The van der Waals surface area contributed by atoms with Gasteiger partial charge in [-0.2, -0.15) is 0 Å². The number of rotatable bonds is 15. The predicted octanol–water partition coefficient (Wildman–Crippen LogP) is 3.86. The molecule has 0 saturated carbocycles. The Morgan fingerprint density at radius 2 is 2.00 bits per heavy atom. The molecule has 0 radical (unpaired) electrons. The molecule has 172 valence electrons. The third-order valence-corrected chi connectivity index (χ3v) is 5.22. The van der Waals surface area contributed by atoms with Crippen molar-refractivity contribution in [2.24, 2.45) is 0 Å². The predicted molar refractivity (Wildman–Crippen MR) is 122 cm³/mol. The van der Waals surface area contributed by atoms with E-state index in [1.807, 2.05) is 25.2 Å². The number of likely N-dealkylation sites (N-methyl/N-ethyl adjacent to an activating group) is 1. The van der Waals surface area contributed by atoms with Crippen LogP contribution in [0.5, 0.6) is 0 Å². The molecule has 2 aromatic rings. The Labute approximate surface area is 185 Å². The van der Waals surface area contributed by atoms with E-state index in [-0.39, 0.29) is 25.2 Å². The van der Waals surface area contributed by atoms with Gasteiger partial charge in [0.25, 0.3) is 0 Å². The highest BCUT2D eigenvalue weighted by atomic mass is 16.5. The molecule has 0 amide bonds. The van der Waals surface area contributed by atoms with Gasteiger partial charge in [-0.1, -0.05) is 62.9 Å². The van der Waals surface area contributed by atoms with E-state index in [4.69, 9.17) is 19.2 Å². The van der Waals surface area contributed by atoms with Crippen LogP contribution < -0.4 is 10.2 Å². The van der Waals surface area contributed by atoms with Crippen molar-refractivity contribution in [2.75, 3.05) is 38.8 Å². The van der Waals surface area contributed by atoms with Gasteiger partial charge in [0.2, 0.25) is 11.8 Å². The van der Waals surface area contributed by atoms with E-state index < -0.39 is 0 Å². The summed E-state index contributed by atoms with van der Waals surface area (Å²) in [4.78, 5) is 18.4. The summed E-state index contributed by atoms with van der Waals surface area (Å²) in [6, 6.07) is 10.1. The molecule has 31 heavy (non-hydrogen) atoms. The number of hydrogen-bond donors (Lipinski definition) is 2. The molecule has 0 aliphatic rings. The average Bonchev–Trinajstić information content (AvgIpc) is 3.19. The van der Waals surface area contributed by atoms with Crippen LogP contribution in [0.2, 0.25) is 0 Å². The Balaban J connectivity index is 2.26. The molecule has 7 nitrogen and oxygen atoms in total. The maximum atomic E-state index is 11.8. The Hall–Kier alpha value is -2.38. The molecule has 1 unspecified atom stereocenters. The number of aromatic nitrogens is 1. The number of nitrogens with one attached hydrogen (secondary N) is 1. The first-order chi connectivity index (χ1) is 15.1. The van der Waals surface area contributed by atoms with Crippen LogP contribution in [-0.2, 0) is 16.0 Å². The van der Waals surface area contributed by atoms with E-state index in [9.17, 15) is 4.79 Å². The fourth-order valence-corrected chi connectivity index (χ4v) is 3.49. The zero-order valence-corrected chi connectivity index (χ0v) is 19.1. The summed E-state index contributed by atoms with van der Waals surface area (Å²) in [5.74, 6) is 0.891. The molecule has 0 fully saturated rings. The van der Waals surface area contributed by atoms with Crippen LogP contribution in [0.3, 0.4) is 0 Å². The summed E-state index contributed by atoms with van der Waals surface area (Å²) in [5, 5.41) is 12.6. The highest BCUT2D eigenvalue weighted by molar-refractivity contribution is 5.75. The second kappa shape index (κ2) is 13.8. The Morgan fingerprint density at radius 1 is 1.23 bits per heavy atom. The van der Waals surface area contributed by atoms with Gasteiger partial charge in [-0.05, 0) is 24.9 Å². The van der Waals surface area contributed by atoms with Gasteiger partial charge < -0.3 is 24.5 Å². The van der Waals surface area contributed by atoms with Crippen molar-refractivity contribution in [3.05, 3.63) is 47.5 Å². The zero-order valence-electron chi connectivity index (χ0n) is 19.1. The monoisotopic (exact) mass is 431 g/mol. The maximum absolute atomic E-state index is 11.8. The fourth-order valence-electron chi connectivity index (χ4n) is 3.49. The number of aliphatic hydroxyl groups is 1. The van der Waals surface area contributed by atoms with Crippen LogP contribution in [-0.4, -0.2) is 49.9 Å². The maximum Gasteiger partial charge on any atom is 0.325 e. The second-order valence-electron chi connectivity index (χ2n) is 7.83. The van der Waals surface area contributed by atoms with E-state index in [0.29, 0.717) is 31.2 Å². The molecule has 0 spiro atoms. The Morgan fingerprint density at radius 3 is 2.68 bits per heavy atom. The van der Waals surface area contributed by atoms with Gasteiger partial charge in [-0.15, -0.1) is 0 Å². The molecular weight excluding hydrogens is 394 g/mol. The van der Waals surface area contributed by atoms with Gasteiger partial charge in [-0.25, -0.2) is 4.98 Å². The van der Waals surface area contributed by atoms with Crippen molar-refractivity contribution >= 4 is 11.9 Å². The van der Waals surface area contributed by atoms with Gasteiger partial charge in [0.15, 0.2) is 0 Å². The molecule has 0 aliphatic heterocycles. The topological polar surface area (TPSA) is 87.8 Å². The number of methoxy groups -OCH3 is 1. The quantitative estimate of drug-likeness (QED) is 0.327. The van der Waals surface area contributed by atoms with Crippen molar-refractivity contribution in [2.45, 2.75) is 57.9 Å². The lowest BCUT2D eigenvalue weighted by molar-refractivity contribution is -0.138. The Bertz CT molecular complexity index is 763. The first-order valence-corrected chi connectivity index (χ1v) is 11.2. The number of aliphatic hydroxyl groups excluding tert-OH is 1. The summed E-state index contributed by atoms with van der Waals surface area (Å²) in [5.41, 5.74) is 1.93. The van der Waals surface area contributed by atoms with Gasteiger partial charge in [-0.3, -0.25) is 4.79 Å². The number of nitrogens with zero attached hydrogens (tertiary/aromatic N) is 2. The number of benzene rings is 1. The fraction of sp³-hybridized carbons (Fsp3) is 0.583. The molecule has 2 rings (SSSR count). The Kier molecular flexibility index (Phi) is 11.1. The van der Waals surface area contributed by atoms with Crippen molar-refractivity contribution < 1.29 is 19.1 Å². The van der Waals surface area contributed by atoms with Gasteiger partial charge in [0, 0.05) is 20.1 Å². The molecule has 0 bridgehead atoms. The van der Waals surface area contributed by atoms with E-state index in [2.05, 4.69) is 24.4 Å². The van der Waals surface area contributed by atoms with Crippen LogP contribution in [0.4, 0.5) is 5.88 Å². The van der Waals surface area contributed by atoms with Crippen LogP contribution >= 0.6 is 0 Å². The van der Waals surface area contributed by atoms with E-state index in [0.717, 1.165) is 24.1 Å². The smallest absolute Gasteiger partial charge is 0.325 e. The van der Waals surface area contributed by atoms with E-state index in [1.54, 1.807) is 4.90 Å². The number of carbonyl (C=O) groups is 1. The second-order valence-corrected chi connectivity index (χ2v) is 7.83. The standard InChI is InChI=1S/C24H37N3O4/c1-4-5-6-10-14-20(25-15-11-16-28)23-26-21(17-19-12-8-7-9-13-19)24(31-23)27(2)18-22(29)30-3/h7-9,12-13,20,25,28H,4-6,10-11,14-18H2,1-3H3. The number of carbonyl (C=O) groups excluding carboxylic acids is 1. The number of esters is 1. The van der Waals surface area contributed by atoms with Gasteiger partial charge in [0.1, 0.15) is 12.2 Å². The number of hydrogen-bond acceptors (Lipinski definition) is 7. The zero-order chi connectivity index (χ0) is 22.5. The molecular formula is C24H37N3O4. The summed E-state index contributed by atoms with van der Waals surface area (Å²) in [6.07, 6.45) is 6.85. The minimum Gasteiger partial charge on any atom is -0.468 e. The van der Waals surface area contributed by atoms with Crippen LogP contribution in [0.1, 0.15) is 68.6 Å². The minimum atomic E-state index is -0.330. The number of oxazole rings is 1. The SMILES string of the molecule is CCCCCCC(NCCCO)c1nc(Cc2ccccc2)c(N(C)CC(=O)OC)o1. The number of anilines is 1. The summed E-state index contributed by atoms with van der Waals surface area (Å²) in [6.45, 7) is 3.13. The lowest BCUT2D eigenvalue weighted by atomic mass is 10.1. The largest absolute Gasteiger partial charge is 0.468 e. The van der Waals surface area contributed by atoms with Crippen LogP contribution in [0.25, 0.3) is 0 Å².